The van der Waals surface area contributed by atoms with Gasteiger partial charge in [0.05, 0.1) is 6.61 Å². The zero-order valence-electron chi connectivity index (χ0n) is 10.3. The van der Waals surface area contributed by atoms with E-state index in [-0.39, 0.29) is 19.7 Å². The molecule has 1 aliphatic heterocycles. The number of primary amides is 1. The molecule has 1 heterocycles. The molecule has 0 spiro atoms. The summed E-state index contributed by atoms with van der Waals surface area (Å²) in [5.74, 6) is -2.87. The molecule has 1 fully saturated rings. The van der Waals surface area contributed by atoms with Gasteiger partial charge in [0.2, 0.25) is 15.9 Å². The average Bonchev–Trinajstić information content (AvgIpc) is 2.38. The lowest BCUT2D eigenvalue weighted by molar-refractivity contribution is -0.132. The summed E-state index contributed by atoms with van der Waals surface area (Å²) in [5.41, 5.74) is 5.05. The van der Waals surface area contributed by atoms with Crippen molar-refractivity contribution in [2.24, 2.45) is 5.73 Å². The van der Waals surface area contributed by atoms with Crippen molar-refractivity contribution < 1.29 is 26.7 Å². The smallest absolute Gasteiger partial charge is 0.247 e. The lowest BCUT2D eigenvalue weighted by atomic mass is 10.3. The van der Waals surface area contributed by atoms with Crippen molar-refractivity contribution in [1.29, 1.82) is 0 Å². The number of hydrogen-bond acceptors (Lipinski definition) is 4. The maximum Gasteiger partial charge on any atom is 0.247 e. The number of nitrogens with two attached hydrogens (primary N) is 1. The van der Waals surface area contributed by atoms with Crippen LogP contribution in [0.5, 0.6) is 0 Å². The molecule has 9 heteroatoms. The van der Waals surface area contributed by atoms with Crippen LogP contribution in [0.4, 0.5) is 8.78 Å². The molecule has 1 aliphatic rings. The number of carbonyl (C=O) groups excluding carboxylic acids is 1. The summed E-state index contributed by atoms with van der Waals surface area (Å²) in [4.78, 5) is 10.4. The molecule has 1 amide bonds. The Morgan fingerprint density at radius 3 is 2.70 bits per heavy atom. The SMILES string of the molecule is NC(=O)C1CN(S(=O)(=O)c2ccc(F)cc2F)CCO1. The molecule has 2 rings (SSSR count). The predicted octanol–water partition coefficient (Wildman–Crippen LogP) is -0.160. The fourth-order valence-corrected chi connectivity index (χ4v) is 3.31. The van der Waals surface area contributed by atoms with Crippen molar-refractivity contribution in [2.75, 3.05) is 19.7 Å². The van der Waals surface area contributed by atoms with Crippen molar-refractivity contribution in [3.8, 4) is 0 Å². The Morgan fingerprint density at radius 1 is 1.40 bits per heavy atom. The van der Waals surface area contributed by atoms with Crippen molar-refractivity contribution in [2.45, 2.75) is 11.0 Å². The number of nitrogens with zero attached hydrogens (tertiary/aromatic N) is 1. The first-order valence-electron chi connectivity index (χ1n) is 5.68. The van der Waals surface area contributed by atoms with Gasteiger partial charge in [-0.1, -0.05) is 0 Å². The first kappa shape index (κ1) is 14.8. The highest BCUT2D eigenvalue weighted by atomic mass is 32.2. The monoisotopic (exact) mass is 306 g/mol. The summed E-state index contributed by atoms with van der Waals surface area (Å²) in [6, 6.07) is 2.18. The topological polar surface area (TPSA) is 89.7 Å². The van der Waals surface area contributed by atoms with Crippen LogP contribution in [0.25, 0.3) is 0 Å². The average molecular weight is 306 g/mol. The van der Waals surface area contributed by atoms with Crippen LogP contribution in [0.3, 0.4) is 0 Å². The van der Waals surface area contributed by atoms with Crippen LogP contribution in [0.1, 0.15) is 0 Å². The molecule has 0 saturated carbocycles. The second kappa shape index (κ2) is 5.43. The van der Waals surface area contributed by atoms with E-state index in [9.17, 15) is 22.0 Å². The van der Waals surface area contributed by atoms with Crippen molar-refractivity contribution >= 4 is 15.9 Å². The summed E-state index contributed by atoms with van der Waals surface area (Å²) in [7, 11) is -4.17. The lowest BCUT2D eigenvalue weighted by Crippen LogP contribution is -2.50. The van der Waals surface area contributed by atoms with Crippen molar-refractivity contribution in [3.63, 3.8) is 0 Å². The van der Waals surface area contributed by atoms with Gasteiger partial charge in [-0.3, -0.25) is 4.79 Å². The molecule has 1 aromatic carbocycles. The van der Waals surface area contributed by atoms with Gasteiger partial charge in [-0.15, -0.1) is 0 Å². The Labute approximate surface area is 114 Å². The van der Waals surface area contributed by atoms with Gasteiger partial charge >= 0.3 is 0 Å². The molecule has 0 aliphatic carbocycles. The van der Waals surface area contributed by atoms with Gasteiger partial charge < -0.3 is 10.5 Å². The van der Waals surface area contributed by atoms with Gasteiger partial charge in [-0.25, -0.2) is 17.2 Å². The zero-order valence-corrected chi connectivity index (χ0v) is 11.1. The number of halogens is 2. The second-order valence-corrected chi connectivity index (χ2v) is 6.11. The van der Waals surface area contributed by atoms with Crippen LogP contribution in [0.15, 0.2) is 23.1 Å². The maximum atomic E-state index is 13.6. The van der Waals surface area contributed by atoms with Crippen LogP contribution in [0.2, 0.25) is 0 Å². The molecule has 110 valence electrons. The number of hydrogen-bond donors (Lipinski definition) is 1. The van der Waals surface area contributed by atoms with E-state index in [4.69, 9.17) is 10.5 Å². The normalized spacial score (nSPS) is 20.8. The minimum Gasteiger partial charge on any atom is -0.367 e. The van der Waals surface area contributed by atoms with Gasteiger partial charge in [0.25, 0.3) is 0 Å². The molecule has 0 aromatic heterocycles. The van der Waals surface area contributed by atoms with Gasteiger partial charge in [0, 0.05) is 19.2 Å². The van der Waals surface area contributed by atoms with E-state index < -0.39 is 38.6 Å². The third-order valence-corrected chi connectivity index (χ3v) is 4.76. The predicted molar refractivity (Wildman–Crippen MR) is 64.1 cm³/mol. The quantitative estimate of drug-likeness (QED) is 0.840. The van der Waals surface area contributed by atoms with Gasteiger partial charge in [0.15, 0.2) is 0 Å². The molecule has 0 radical (unpaired) electrons. The van der Waals surface area contributed by atoms with E-state index in [1.54, 1.807) is 0 Å². The minimum atomic E-state index is -4.17. The summed E-state index contributed by atoms with van der Waals surface area (Å²) in [6.07, 6.45) is -1.08. The number of carbonyl (C=O) groups is 1. The van der Waals surface area contributed by atoms with Gasteiger partial charge in [0.1, 0.15) is 22.6 Å². The molecular formula is C11H12F2N2O4S. The Kier molecular flexibility index (Phi) is 4.02. The maximum absolute atomic E-state index is 13.6. The Bertz CT molecular complexity index is 635. The summed E-state index contributed by atoms with van der Waals surface area (Å²) in [5, 5.41) is 0. The van der Waals surface area contributed by atoms with E-state index in [0.717, 1.165) is 16.4 Å². The van der Waals surface area contributed by atoms with Crippen LogP contribution in [-0.4, -0.2) is 44.4 Å². The van der Waals surface area contributed by atoms with Crippen LogP contribution < -0.4 is 5.73 Å². The molecule has 1 aromatic rings. The molecule has 1 atom stereocenters. The Hall–Kier alpha value is -1.58. The fraction of sp³-hybridized carbons (Fsp3) is 0.364. The van der Waals surface area contributed by atoms with Gasteiger partial charge in [-0.2, -0.15) is 4.31 Å². The number of amides is 1. The Morgan fingerprint density at radius 2 is 2.10 bits per heavy atom. The summed E-state index contributed by atoms with van der Waals surface area (Å²) < 4.78 is 56.8. The lowest BCUT2D eigenvalue weighted by Gasteiger charge is -2.30. The second-order valence-electron chi connectivity index (χ2n) is 4.20. The third kappa shape index (κ3) is 2.79. The first-order chi connectivity index (χ1) is 9.32. The van der Waals surface area contributed by atoms with Crippen LogP contribution >= 0.6 is 0 Å². The standard InChI is InChI=1S/C11H12F2N2O4S/c12-7-1-2-10(8(13)5-7)20(17,18)15-3-4-19-9(6-15)11(14)16/h1-2,5,9H,3-4,6H2,(H2,14,16). The fourth-order valence-electron chi connectivity index (χ4n) is 1.84. The van der Waals surface area contributed by atoms with E-state index >= 15 is 0 Å². The van der Waals surface area contributed by atoms with Crippen molar-refractivity contribution in [1.82, 2.24) is 4.31 Å². The highest BCUT2D eigenvalue weighted by molar-refractivity contribution is 7.89. The number of ether oxygens (including phenoxy) is 1. The van der Waals surface area contributed by atoms with E-state index in [1.165, 1.54) is 0 Å². The van der Waals surface area contributed by atoms with E-state index in [1.807, 2.05) is 0 Å². The number of morpholine rings is 1. The van der Waals surface area contributed by atoms with Crippen molar-refractivity contribution in [3.05, 3.63) is 29.8 Å². The van der Waals surface area contributed by atoms with Gasteiger partial charge in [-0.05, 0) is 12.1 Å². The number of sulfonamides is 1. The summed E-state index contributed by atoms with van der Waals surface area (Å²) >= 11 is 0. The zero-order chi connectivity index (χ0) is 14.9. The number of rotatable bonds is 3. The molecule has 20 heavy (non-hydrogen) atoms. The van der Waals surface area contributed by atoms with Crippen LogP contribution in [0, 0.1) is 11.6 Å². The van der Waals surface area contributed by atoms with E-state index in [2.05, 4.69) is 0 Å². The van der Waals surface area contributed by atoms with E-state index in [0.29, 0.717) is 6.07 Å². The first-order valence-corrected chi connectivity index (χ1v) is 7.12. The highest BCUT2D eigenvalue weighted by Crippen LogP contribution is 2.22. The van der Waals surface area contributed by atoms with Crippen LogP contribution in [-0.2, 0) is 19.6 Å². The summed E-state index contributed by atoms with van der Waals surface area (Å²) in [6.45, 7) is -0.368. The molecule has 1 saturated heterocycles. The molecule has 0 bridgehead atoms. The molecule has 2 N–H and O–H groups in total. The number of benzene rings is 1. The highest BCUT2D eigenvalue weighted by Gasteiger charge is 2.34. The largest absolute Gasteiger partial charge is 0.367 e. The molecule has 1 unspecified atom stereocenters. The Balaban J connectivity index is 2.32. The minimum absolute atomic E-state index is 0.0321. The molecular weight excluding hydrogens is 294 g/mol. The molecule has 6 nitrogen and oxygen atoms in total. The third-order valence-electron chi connectivity index (χ3n) is 2.86.